The van der Waals surface area contributed by atoms with Crippen molar-refractivity contribution in [1.82, 2.24) is 35.6 Å². The third-order valence-electron chi connectivity index (χ3n) is 6.85. The highest BCUT2D eigenvalue weighted by Gasteiger charge is 2.51. The maximum absolute atomic E-state index is 14.3. The van der Waals surface area contributed by atoms with Gasteiger partial charge in [-0.3, -0.25) is 9.13 Å². The minimum absolute atomic E-state index is 0.0393. The predicted molar refractivity (Wildman–Crippen MR) is 141 cm³/mol. The molecule has 0 aliphatic rings. The number of nitrogens with one attached hydrogen (secondary N) is 1. The van der Waals surface area contributed by atoms with Crippen LogP contribution in [0.1, 0.15) is 28.1 Å². The highest BCUT2D eigenvalue weighted by atomic mass is 31.2. The van der Waals surface area contributed by atoms with Gasteiger partial charge in [0.2, 0.25) is 5.82 Å². The first-order valence-electron chi connectivity index (χ1n) is 12.2. The molecule has 13 nitrogen and oxygen atoms in total. The Hall–Kier alpha value is -3.85. The molecule has 0 aliphatic carbocycles. The number of rotatable bonds is 10. The third-order valence-corrected chi connectivity index (χ3v) is 8.83. The van der Waals surface area contributed by atoms with Gasteiger partial charge in [-0.2, -0.15) is 22.8 Å². The fourth-order valence-electron chi connectivity index (χ4n) is 4.67. The lowest BCUT2D eigenvalue weighted by Gasteiger charge is -2.32. The van der Waals surface area contributed by atoms with Crippen LogP contribution in [0.3, 0.4) is 0 Å². The fraction of sp³-hybridized carbons (Fsp3) is 0.208. The van der Waals surface area contributed by atoms with Crippen molar-refractivity contribution >= 4 is 26.2 Å². The molecule has 3 aromatic carbocycles. The number of fused-ring (bicyclic) bond motifs is 1. The summed E-state index contributed by atoms with van der Waals surface area (Å²) in [5.41, 5.74) is -10.5. The van der Waals surface area contributed by atoms with Gasteiger partial charge in [-0.25, -0.2) is 4.68 Å². The summed E-state index contributed by atoms with van der Waals surface area (Å²) in [7, 11) is -11.6. The fourth-order valence-corrected chi connectivity index (χ4v) is 5.64. The number of nitrogens with zero attached hydrogens (tertiary/aromatic N) is 6. The summed E-state index contributed by atoms with van der Waals surface area (Å²) in [5.74, 6) is 0.0393. The summed E-state index contributed by atoms with van der Waals surface area (Å²) in [6.07, 6.45) is -0.190. The Labute approximate surface area is 238 Å². The number of H-pyrrole nitrogens is 1. The zero-order valence-electron chi connectivity index (χ0n) is 21.5. The normalized spacial score (nSPS) is 13.5. The van der Waals surface area contributed by atoms with Gasteiger partial charge in [0.25, 0.3) is 0 Å². The molecule has 0 amide bonds. The highest BCUT2D eigenvalue weighted by molar-refractivity contribution is 7.52. The van der Waals surface area contributed by atoms with E-state index in [1.165, 1.54) is 28.9 Å². The molecular weight excluding hydrogens is 620 g/mol. The monoisotopic (exact) mass is 641 g/mol. The lowest BCUT2D eigenvalue weighted by atomic mass is 9.83. The lowest BCUT2D eigenvalue weighted by Crippen LogP contribution is -2.42. The molecular formula is C24H21F4N7O6P2. The Morgan fingerprint density at radius 2 is 1.21 bits per heavy atom. The van der Waals surface area contributed by atoms with E-state index in [-0.39, 0.29) is 18.7 Å². The number of aromatic amines is 1. The molecule has 2 heterocycles. The molecule has 0 fully saturated rings. The lowest BCUT2D eigenvalue weighted by molar-refractivity contribution is 0.0564. The van der Waals surface area contributed by atoms with Crippen LogP contribution >= 0.6 is 15.2 Å². The summed E-state index contributed by atoms with van der Waals surface area (Å²) >= 11 is 0. The zero-order chi connectivity index (χ0) is 31.3. The quantitative estimate of drug-likeness (QED) is 0.110. The molecule has 0 saturated carbocycles. The van der Waals surface area contributed by atoms with Gasteiger partial charge >= 0.3 is 26.5 Å². The second-order valence-corrected chi connectivity index (χ2v) is 13.0. The molecule has 5 aromatic rings. The molecule has 0 spiro atoms. The molecule has 5 rings (SSSR count). The average Bonchev–Trinajstić information content (AvgIpc) is 3.63. The Morgan fingerprint density at radius 1 is 0.721 bits per heavy atom. The van der Waals surface area contributed by atoms with Gasteiger partial charge in [-0.15, -0.1) is 15.3 Å². The number of benzene rings is 3. The van der Waals surface area contributed by atoms with Crippen LogP contribution in [-0.2, 0) is 38.8 Å². The Kier molecular flexibility index (Phi) is 7.61. The van der Waals surface area contributed by atoms with E-state index in [0.717, 1.165) is 24.3 Å². The van der Waals surface area contributed by atoms with E-state index in [2.05, 4.69) is 30.9 Å². The minimum atomic E-state index is -5.82. The van der Waals surface area contributed by atoms with E-state index >= 15 is 0 Å². The van der Waals surface area contributed by atoms with Gasteiger partial charge < -0.3 is 19.6 Å². The highest BCUT2D eigenvalue weighted by Crippen LogP contribution is 2.60. The molecule has 226 valence electrons. The van der Waals surface area contributed by atoms with E-state index in [4.69, 9.17) is 19.6 Å². The van der Waals surface area contributed by atoms with Crippen LogP contribution in [0.2, 0.25) is 0 Å². The smallest absolute Gasteiger partial charge is 0.320 e. The van der Waals surface area contributed by atoms with Crippen molar-refractivity contribution in [3.8, 4) is 0 Å². The number of halogens is 4. The number of para-hydroxylation sites is 1. The maximum Gasteiger partial charge on any atom is 0.399 e. The first kappa shape index (κ1) is 30.6. The van der Waals surface area contributed by atoms with E-state index in [0.29, 0.717) is 22.2 Å². The Morgan fingerprint density at radius 3 is 1.65 bits per heavy atom. The first-order chi connectivity index (χ1) is 20.1. The van der Waals surface area contributed by atoms with Crippen LogP contribution < -0.4 is 0 Å². The number of alkyl halides is 4. The molecule has 0 saturated heterocycles. The second kappa shape index (κ2) is 10.7. The van der Waals surface area contributed by atoms with Gasteiger partial charge in [0.15, 0.2) is 0 Å². The van der Waals surface area contributed by atoms with E-state index in [9.17, 15) is 26.7 Å². The third kappa shape index (κ3) is 5.51. The van der Waals surface area contributed by atoms with Crippen LogP contribution in [0.5, 0.6) is 0 Å². The van der Waals surface area contributed by atoms with Gasteiger partial charge in [0, 0.05) is 24.0 Å². The second-order valence-electron chi connectivity index (χ2n) is 9.67. The summed E-state index contributed by atoms with van der Waals surface area (Å²) < 4.78 is 81.4. The van der Waals surface area contributed by atoms with Crippen molar-refractivity contribution in [2.45, 2.75) is 29.7 Å². The molecule has 5 N–H and O–H groups in total. The molecule has 2 aromatic heterocycles. The van der Waals surface area contributed by atoms with Crippen LogP contribution in [0.25, 0.3) is 11.0 Å². The zero-order valence-corrected chi connectivity index (χ0v) is 23.3. The van der Waals surface area contributed by atoms with Crippen molar-refractivity contribution in [3.63, 3.8) is 0 Å². The number of aromatic nitrogens is 7. The number of hydrogen-bond donors (Lipinski definition) is 5. The standard InChI is InChI=1S/C24H21F4N7O6P2/c25-23(26,42(36,37)38)17-9-5-15(6-10-17)13-22(21-30-32-33-31-21,35-20-4-2-1-3-19(20)29-34-35)14-16-7-11-18(12-8-16)24(27,28)43(39,40)41/h1-12H,13-14H2,(H2,36,37,38)(H2,39,40,41)(H,30,31,32,33). The van der Waals surface area contributed by atoms with Crippen LogP contribution in [0.15, 0.2) is 72.8 Å². The minimum Gasteiger partial charge on any atom is -0.320 e. The molecule has 0 aliphatic heterocycles. The number of tetrazole rings is 1. The average molecular weight is 641 g/mol. The van der Waals surface area contributed by atoms with Gasteiger partial charge in [-0.05, 0) is 23.3 Å². The number of hydrogen-bond acceptors (Lipinski definition) is 7. The molecule has 43 heavy (non-hydrogen) atoms. The summed E-state index contributed by atoms with van der Waals surface area (Å²) in [6, 6.07) is 15.2. The van der Waals surface area contributed by atoms with Crippen LogP contribution in [0, 0.1) is 0 Å². The van der Waals surface area contributed by atoms with E-state index < -0.39 is 43.2 Å². The molecule has 19 heteroatoms. The summed E-state index contributed by atoms with van der Waals surface area (Å²) in [5, 5.41) is 22.7. The van der Waals surface area contributed by atoms with Gasteiger partial charge in [0.05, 0.1) is 5.52 Å². The first-order valence-corrected chi connectivity index (χ1v) is 15.4. The maximum atomic E-state index is 14.3. The molecule has 0 atom stereocenters. The van der Waals surface area contributed by atoms with Crippen molar-refractivity contribution in [1.29, 1.82) is 0 Å². The summed E-state index contributed by atoms with van der Waals surface area (Å²) in [6.45, 7) is 0. The molecule has 0 bridgehead atoms. The van der Waals surface area contributed by atoms with Crippen LogP contribution in [0.4, 0.5) is 17.6 Å². The van der Waals surface area contributed by atoms with Crippen molar-refractivity contribution in [2.24, 2.45) is 0 Å². The van der Waals surface area contributed by atoms with Gasteiger partial charge in [0.1, 0.15) is 11.1 Å². The Bertz CT molecular complexity index is 1760. The van der Waals surface area contributed by atoms with Crippen molar-refractivity contribution < 1.29 is 46.3 Å². The molecule has 0 radical (unpaired) electrons. The Balaban J connectivity index is 1.64. The predicted octanol–water partition coefficient (Wildman–Crippen LogP) is 3.63. The topological polar surface area (TPSA) is 200 Å². The van der Waals surface area contributed by atoms with Crippen molar-refractivity contribution in [3.05, 3.63) is 101 Å². The van der Waals surface area contributed by atoms with Crippen molar-refractivity contribution in [2.75, 3.05) is 0 Å². The SMILES string of the molecule is O=P(O)(O)C(F)(F)c1ccc(CC(Cc2ccc(C(F)(F)P(=O)(O)O)cc2)(c2nn[nH]n2)n2nnc3ccccc32)cc1. The van der Waals surface area contributed by atoms with Crippen LogP contribution in [-0.4, -0.2) is 55.2 Å². The molecule has 0 unspecified atom stereocenters. The largest absolute Gasteiger partial charge is 0.399 e. The summed E-state index contributed by atoms with van der Waals surface area (Å²) in [4.78, 5) is 36.4. The van der Waals surface area contributed by atoms with E-state index in [1.54, 1.807) is 24.3 Å². The van der Waals surface area contributed by atoms with Gasteiger partial charge in [-0.1, -0.05) is 71.1 Å². The van der Waals surface area contributed by atoms with E-state index in [1.807, 2.05) is 0 Å².